The van der Waals surface area contributed by atoms with E-state index in [1.54, 1.807) is 0 Å². The SMILES string of the molecule is O=S(=O)(O)c1ccc(N=Nc2c([O-])ccc(N=Nc3ccc(Cl)cc3O)c2O)cc1.[Na+]. The van der Waals surface area contributed by atoms with Gasteiger partial charge in [-0.25, -0.2) is 0 Å². The van der Waals surface area contributed by atoms with Gasteiger partial charge in [0.15, 0.2) is 5.75 Å². The summed E-state index contributed by atoms with van der Waals surface area (Å²) in [5.74, 6) is -1.45. The molecule has 0 atom stereocenters. The van der Waals surface area contributed by atoms with Gasteiger partial charge in [0.05, 0.1) is 10.6 Å². The Hall–Kier alpha value is -2.54. The Morgan fingerprint density at radius 3 is 2.06 bits per heavy atom. The quantitative estimate of drug-likeness (QED) is 0.292. The molecule has 31 heavy (non-hydrogen) atoms. The van der Waals surface area contributed by atoms with Gasteiger partial charge in [-0.05, 0) is 42.5 Å². The minimum absolute atomic E-state index is 0. The van der Waals surface area contributed by atoms with Crippen LogP contribution in [0.5, 0.6) is 17.2 Å². The smallest absolute Gasteiger partial charge is 0.871 e. The number of halogens is 1. The molecule has 0 fully saturated rings. The van der Waals surface area contributed by atoms with E-state index < -0.39 is 27.3 Å². The van der Waals surface area contributed by atoms with Crippen LogP contribution in [0.2, 0.25) is 5.02 Å². The molecule has 0 unspecified atom stereocenters. The summed E-state index contributed by atoms with van der Waals surface area (Å²) >= 11 is 5.74. The number of azo groups is 2. The van der Waals surface area contributed by atoms with Crippen molar-refractivity contribution in [2.45, 2.75) is 4.90 Å². The van der Waals surface area contributed by atoms with E-state index in [4.69, 9.17) is 16.2 Å². The van der Waals surface area contributed by atoms with Crippen LogP contribution in [0.3, 0.4) is 0 Å². The molecular formula is C18H12ClN4NaO6S. The van der Waals surface area contributed by atoms with E-state index in [9.17, 15) is 23.7 Å². The molecule has 0 saturated heterocycles. The standard InChI is InChI=1S/C18H13ClN4O6S.Na/c19-10-1-6-13(16(25)9-10)21-22-14-7-8-15(24)17(18(14)26)23-20-11-2-4-12(5-3-11)30(27,28)29;/h1-9,24-26H,(H,27,28,29);/q;+1/p-1. The summed E-state index contributed by atoms with van der Waals surface area (Å²) in [6, 6.07) is 11.2. The third kappa shape index (κ3) is 6.23. The summed E-state index contributed by atoms with van der Waals surface area (Å²) in [5.41, 5.74) is -0.253. The molecule has 0 spiro atoms. The minimum atomic E-state index is -4.35. The van der Waals surface area contributed by atoms with Crippen LogP contribution in [0, 0.1) is 0 Å². The van der Waals surface area contributed by atoms with E-state index in [-0.39, 0.29) is 57.3 Å². The maximum Gasteiger partial charge on any atom is 1.00 e. The van der Waals surface area contributed by atoms with Crippen molar-refractivity contribution in [3.05, 3.63) is 59.6 Å². The van der Waals surface area contributed by atoms with Crippen molar-refractivity contribution in [1.82, 2.24) is 0 Å². The second-order valence-electron chi connectivity index (χ2n) is 5.78. The molecular weight excluding hydrogens is 459 g/mol. The molecule has 0 radical (unpaired) electrons. The molecule has 3 N–H and O–H groups in total. The molecule has 154 valence electrons. The normalized spacial score (nSPS) is 11.7. The molecule has 3 rings (SSSR count). The van der Waals surface area contributed by atoms with Crippen LogP contribution in [0.25, 0.3) is 0 Å². The number of nitrogens with zero attached hydrogens (tertiary/aromatic N) is 4. The fourth-order valence-electron chi connectivity index (χ4n) is 2.21. The van der Waals surface area contributed by atoms with Crippen molar-refractivity contribution in [2.75, 3.05) is 0 Å². The zero-order chi connectivity index (χ0) is 21.9. The molecule has 0 heterocycles. The van der Waals surface area contributed by atoms with Gasteiger partial charge in [-0.15, -0.1) is 15.3 Å². The van der Waals surface area contributed by atoms with Gasteiger partial charge in [-0.1, -0.05) is 23.4 Å². The number of hydrogen-bond acceptors (Lipinski definition) is 9. The van der Waals surface area contributed by atoms with Gasteiger partial charge in [0.1, 0.15) is 22.8 Å². The van der Waals surface area contributed by atoms with Crippen LogP contribution >= 0.6 is 11.6 Å². The van der Waals surface area contributed by atoms with Crippen LogP contribution in [0.15, 0.2) is 79.9 Å². The Labute approximate surface area is 203 Å². The number of phenols is 2. The van der Waals surface area contributed by atoms with Crippen molar-refractivity contribution >= 4 is 44.5 Å². The Morgan fingerprint density at radius 2 is 1.45 bits per heavy atom. The van der Waals surface area contributed by atoms with Crippen LogP contribution in [0.4, 0.5) is 22.7 Å². The molecule has 13 heteroatoms. The fourth-order valence-corrected chi connectivity index (χ4v) is 2.86. The Bertz CT molecular complexity index is 1270. The van der Waals surface area contributed by atoms with Crippen LogP contribution < -0.4 is 34.7 Å². The van der Waals surface area contributed by atoms with E-state index >= 15 is 0 Å². The summed E-state index contributed by atoms with van der Waals surface area (Å²) in [6.45, 7) is 0. The molecule has 3 aromatic carbocycles. The molecule has 3 aromatic rings. The average molecular weight is 471 g/mol. The zero-order valence-electron chi connectivity index (χ0n) is 15.8. The van der Waals surface area contributed by atoms with Crippen LogP contribution in [0.1, 0.15) is 0 Å². The third-order valence-electron chi connectivity index (χ3n) is 3.70. The first-order valence-corrected chi connectivity index (χ1v) is 9.89. The van der Waals surface area contributed by atoms with Gasteiger partial charge in [0, 0.05) is 11.1 Å². The predicted molar refractivity (Wildman–Crippen MR) is 105 cm³/mol. The van der Waals surface area contributed by atoms with Crippen molar-refractivity contribution in [3.63, 3.8) is 0 Å². The second-order valence-corrected chi connectivity index (χ2v) is 7.64. The van der Waals surface area contributed by atoms with E-state index in [1.807, 2.05) is 0 Å². The summed E-state index contributed by atoms with van der Waals surface area (Å²) in [7, 11) is -4.35. The van der Waals surface area contributed by atoms with E-state index in [1.165, 1.54) is 36.4 Å². The Kier molecular flexibility index (Phi) is 8.12. The van der Waals surface area contributed by atoms with Crippen molar-refractivity contribution in [1.29, 1.82) is 0 Å². The maximum absolute atomic E-state index is 12.0. The minimum Gasteiger partial charge on any atom is -0.871 e. The van der Waals surface area contributed by atoms with Crippen LogP contribution in [-0.2, 0) is 10.1 Å². The topological polar surface area (TPSA) is 167 Å². The van der Waals surface area contributed by atoms with Gasteiger partial charge < -0.3 is 15.3 Å². The van der Waals surface area contributed by atoms with Gasteiger partial charge in [-0.3, -0.25) is 4.55 Å². The van der Waals surface area contributed by atoms with E-state index in [2.05, 4.69) is 20.5 Å². The molecule has 0 aliphatic carbocycles. The summed E-state index contributed by atoms with van der Waals surface area (Å²) in [6.07, 6.45) is 0. The fraction of sp³-hybridized carbons (Fsp3) is 0. The average Bonchev–Trinajstić information content (AvgIpc) is 2.68. The summed E-state index contributed by atoms with van der Waals surface area (Å²) in [4.78, 5) is -0.332. The van der Waals surface area contributed by atoms with Crippen molar-refractivity contribution in [2.24, 2.45) is 20.5 Å². The van der Waals surface area contributed by atoms with E-state index in [0.29, 0.717) is 5.02 Å². The first kappa shape index (κ1) is 24.7. The molecule has 0 bridgehead atoms. The van der Waals surface area contributed by atoms with Crippen molar-refractivity contribution in [3.8, 4) is 17.2 Å². The molecule has 0 aromatic heterocycles. The van der Waals surface area contributed by atoms with Crippen LogP contribution in [-0.4, -0.2) is 23.2 Å². The summed E-state index contributed by atoms with van der Waals surface area (Å²) in [5, 5.41) is 47.4. The maximum atomic E-state index is 12.0. The number of hydrogen-bond donors (Lipinski definition) is 3. The monoisotopic (exact) mass is 470 g/mol. The number of rotatable bonds is 5. The largest absolute Gasteiger partial charge is 1.00 e. The van der Waals surface area contributed by atoms with Gasteiger partial charge in [0.2, 0.25) is 0 Å². The molecule has 0 aliphatic heterocycles. The number of aromatic hydroxyl groups is 2. The molecule has 0 amide bonds. The number of benzene rings is 3. The molecule has 0 aliphatic rings. The van der Waals surface area contributed by atoms with Gasteiger partial charge in [0.25, 0.3) is 10.1 Å². The van der Waals surface area contributed by atoms with Crippen molar-refractivity contribution < 1.29 is 57.8 Å². The zero-order valence-corrected chi connectivity index (χ0v) is 19.4. The van der Waals surface area contributed by atoms with Gasteiger partial charge in [-0.2, -0.15) is 13.5 Å². The number of phenolic OH excluding ortho intramolecular Hbond substituents is 2. The first-order chi connectivity index (χ1) is 14.1. The van der Waals surface area contributed by atoms with E-state index in [0.717, 1.165) is 18.2 Å². The predicted octanol–water partition coefficient (Wildman–Crippen LogP) is 1.91. The third-order valence-corrected chi connectivity index (χ3v) is 4.80. The first-order valence-electron chi connectivity index (χ1n) is 8.07. The Morgan fingerprint density at radius 1 is 0.839 bits per heavy atom. The van der Waals surface area contributed by atoms with Gasteiger partial charge >= 0.3 is 29.6 Å². The second kappa shape index (κ2) is 10.2. The molecule has 10 nitrogen and oxygen atoms in total. The Balaban J connectivity index is 0.00000341. The summed E-state index contributed by atoms with van der Waals surface area (Å²) < 4.78 is 31.0. The molecule has 0 saturated carbocycles.